The Labute approximate surface area is 305 Å². The second kappa shape index (κ2) is 16.0. The third kappa shape index (κ3) is 9.13. The first-order valence-electron chi connectivity index (χ1n) is 17.3. The lowest BCUT2D eigenvalue weighted by atomic mass is 9.98. The fraction of sp³-hybridized carbons (Fsp3) is 0.459. The zero-order valence-electron chi connectivity index (χ0n) is 30.5. The van der Waals surface area contributed by atoms with Gasteiger partial charge in [0.25, 0.3) is 5.56 Å². The molecule has 1 saturated heterocycles. The zero-order valence-corrected chi connectivity index (χ0v) is 30.5. The minimum Gasteiger partial charge on any atom is -0.449 e. The molecule has 0 bridgehead atoms. The van der Waals surface area contributed by atoms with Crippen molar-refractivity contribution >= 4 is 24.0 Å². The Morgan fingerprint density at radius 3 is 2.21 bits per heavy atom. The summed E-state index contributed by atoms with van der Waals surface area (Å²) in [6.07, 6.45) is -3.41. The maximum absolute atomic E-state index is 13.6. The highest BCUT2D eigenvalue weighted by Gasteiger charge is 2.38. The SMILES string of the molecule is C[C@H](NC(=O)OCC1c2ccccc2-c2ccccc21)C(=O)N(C)[C@@H](C)[C@H](NC(=O)OC(C)(C)C)C(=O)NC[C@H]1C[C@@H](O)[C@H](n2ccc(=O)[nH]c2=O)O1. The topological polar surface area (TPSA) is 210 Å². The van der Waals surface area contributed by atoms with Gasteiger partial charge in [-0.05, 0) is 56.9 Å². The Balaban J connectivity index is 1.20. The fourth-order valence-electron chi connectivity index (χ4n) is 6.51. The highest BCUT2D eigenvalue weighted by atomic mass is 16.6. The van der Waals surface area contributed by atoms with Crippen molar-refractivity contribution in [3.8, 4) is 11.1 Å². The molecule has 0 radical (unpaired) electrons. The van der Waals surface area contributed by atoms with E-state index in [9.17, 15) is 33.9 Å². The summed E-state index contributed by atoms with van der Waals surface area (Å²) in [5.41, 5.74) is 1.98. The number of aliphatic hydroxyl groups is 1. The minimum absolute atomic E-state index is 0.0493. The number of aromatic nitrogens is 2. The molecule has 0 saturated carbocycles. The van der Waals surface area contributed by atoms with Gasteiger partial charge in [-0.25, -0.2) is 14.4 Å². The minimum atomic E-state index is -1.33. The van der Waals surface area contributed by atoms with Gasteiger partial charge >= 0.3 is 17.9 Å². The maximum atomic E-state index is 13.6. The quantitative estimate of drug-likeness (QED) is 0.193. The third-order valence-electron chi connectivity index (χ3n) is 9.24. The number of nitrogens with zero attached hydrogens (tertiary/aromatic N) is 2. The van der Waals surface area contributed by atoms with Crippen LogP contribution in [0.25, 0.3) is 11.1 Å². The fourth-order valence-corrected chi connectivity index (χ4v) is 6.51. The molecule has 2 heterocycles. The van der Waals surface area contributed by atoms with Gasteiger partial charge < -0.3 is 40.2 Å². The molecule has 1 aromatic heterocycles. The summed E-state index contributed by atoms with van der Waals surface area (Å²) in [6, 6.07) is 13.6. The first-order valence-corrected chi connectivity index (χ1v) is 17.3. The van der Waals surface area contributed by atoms with E-state index >= 15 is 0 Å². The molecule has 1 fully saturated rings. The summed E-state index contributed by atoms with van der Waals surface area (Å²) in [5, 5.41) is 18.4. The number of amides is 4. The molecule has 284 valence electrons. The molecular weight excluding hydrogens is 688 g/mol. The van der Waals surface area contributed by atoms with Crippen molar-refractivity contribution in [2.45, 2.75) is 89.1 Å². The van der Waals surface area contributed by atoms with Crippen LogP contribution in [0.1, 0.15) is 64.3 Å². The Kier molecular flexibility index (Phi) is 11.7. The number of aromatic amines is 1. The number of aliphatic hydroxyl groups excluding tert-OH is 1. The van der Waals surface area contributed by atoms with Crippen LogP contribution in [0.3, 0.4) is 0 Å². The Bertz CT molecular complexity index is 1910. The molecule has 5 N–H and O–H groups in total. The molecule has 3 aromatic rings. The summed E-state index contributed by atoms with van der Waals surface area (Å²) in [6.45, 7) is 7.93. The van der Waals surface area contributed by atoms with Gasteiger partial charge in [0.05, 0.1) is 12.1 Å². The lowest BCUT2D eigenvalue weighted by Gasteiger charge is -2.34. The third-order valence-corrected chi connectivity index (χ3v) is 9.24. The number of nitrogens with one attached hydrogen (secondary N) is 4. The lowest BCUT2D eigenvalue weighted by molar-refractivity contribution is -0.135. The van der Waals surface area contributed by atoms with Gasteiger partial charge in [0.2, 0.25) is 11.8 Å². The van der Waals surface area contributed by atoms with E-state index < -0.39 is 77.4 Å². The molecule has 53 heavy (non-hydrogen) atoms. The largest absolute Gasteiger partial charge is 0.449 e. The maximum Gasteiger partial charge on any atom is 0.408 e. The first kappa shape index (κ1) is 38.7. The number of ether oxygens (including phenoxy) is 3. The molecule has 5 rings (SSSR count). The average Bonchev–Trinajstić information content (AvgIpc) is 3.63. The van der Waals surface area contributed by atoms with Crippen molar-refractivity contribution < 1.29 is 38.5 Å². The van der Waals surface area contributed by atoms with Crippen molar-refractivity contribution in [1.29, 1.82) is 0 Å². The van der Waals surface area contributed by atoms with Crippen LogP contribution in [-0.4, -0.2) is 99.7 Å². The van der Waals surface area contributed by atoms with Crippen LogP contribution in [0, 0.1) is 0 Å². The normalized spacial score (nSPS) is 19.6. The van der Waals surface area contributed by atoms with Crippen LogP contribution in [0.4, 0.5) is 9.59 Å². The second-order valence-electron chi connectivity index (χ2n) is 14.2. The van der Waals surface area contributed by atoms with Gasteiger partial charge in [0, 0.05) is 38.2 Å². The van der Waals surface area contributed by atoms with E-state index in [-0.39, 0.29) is 25.5 Å². The number of rotatable bonds is 11. The molecule has 16 nitrogen and oxygen atoms in total. The number of H-pyrrole nitrogens is 1. The Hall–Kier alpha value is -5.48. The van der Waals surface area contributed by atoms with Crippen molar-refractivity contribution in [3.05, 3.63) is 92.8 Å². The predicted molar refractivity (Wildman–Crippen MR) is 192 cm³/mol. The van der Waals surface area contributed by atoms with Crippen molar-refractivity contribution in [2.75, 3.05) is 20.2 Å². The summed E-state index contributed by atoms with van der Waals surface area (Å²) < 4.78 is 17.8. The molecule has 0 spiro atoms. The summed E-state index contributed by atoms with van der Waals surface area (Å²) in [7, 11) is 1.43. The molecule has 6 atom stereocenters. The van der Waals surface area contributed by atoms with Crippen LogP contribution in [-0.2, 0) is 23.8 Å². The van der Waals surface area contributed by atoms with Gasteiger partial charge in [-0.3, -0.25) is 23.9 Å². The number of likely N-dealkylation sites (N-methyl/N-ethyl adjacent to an activating group) is 1. The van der Waals surface area contributed by atoms with E-state index in [1.807, 2.05) is 48.5 Å². The van der Waals surface area contributed by atoms with Crippen molar-refractivity contribution in [2.24, 2.45) is 0 Å². The average molecular weight is 735 g/mol. The molecule has 0 unspecified atom stereocenters. The Morgan fingerprint density at radius 2 is 1.60 bits per heavy atom. The van der Waals surface area contributed by atoms with E-state index in [2.05, 4.69) is 20.9 Å². The molecule has 1 aliphatic carbocycles. The highest BCUT2D eigenvalue weighted by molar-refractivity contribution is 5.89. The smallest absolute Gasteiger partial charge is 0.408 e. The van der Waals surface area contributed by atoms with Gasteiger partial charge in [0.1, 0.15) is 30.4 Å². The van der Waals surface area contributed by atoms with E-state index in [4.69, 9.17) is 14.2 Å². The van der Waals surface area contributed by atoms with Crippen molar-refractivity contribution in [3.63, 3.8) is 0 Å². The van der Waals surface area contributed by atoms with Crippen LogP contribution in [0.5, 0.6) is 0 Å². The highest BCUT2D eigenvalue weighted by Crippen LogP contribution is 2.44. The molecule has 2 aliphatic rings. The number of fused-ring (bicyclic) bond motifs is 3. The van der Waals surface area contributed by atoms with Crippen molar-refractivity contribution in [1.82, 2.24) is 30.4 Å². The number of hydrogen-bond acceptors (Lipinski definition) is 10. The summed E-state index contributed by atoms with van der Waals surface area (Å²) in [5.74, 6) is -1.43. The molecule has 2 aromatic carbocycles. The monoisotopic (exact) mass is 734 g/mol. The standard InChI is InChI=1S/C37H46N6O10/c1-20(39-35(49)51-19-27-25-13-9-7-11-23(25)24-12-8-10-14-26(24)27)32(47)42(6)21(2)30(41-36(50)53-37(3,4)5)31(46)38-18-22-17-28(44)33(52-22)43-16-15-29(45)40-34(43)48/h7-16,20-22,27-28,30,33,44H,17-19H2,1-6H3,(H,38,46)(H,39,49)(H,41,50)(H,40,45,48)/t20-,21-,22+,28+,30-,33+/m0/s1. The second-order valence-corrected chi connectivity index (χ2v) is 14.2. The Morgan fingerprint density at radius 1 is 0.981 bits per heavy atom. The lowest BCUT2D eigenvalue weighted by Crippen LogP contribution is -2.60. The number of benzene rings is 2. The number of carbonyl (C=O) groups excluding carboxylic acids is 4. The molecule has 1 aliphatic heterocycles. The number of hydrogen-bond donors (Lipinski definition) is 5. The van der Waals surface area contributed by atoms with E-state index in [1.54, 1.807) is 27.7 Å². The number of alkyl carbamates (subject to hydrolysis) is 2. The predicted octanol–water partition coefficient (Wildman–Crippen LogP) is 1.97. The number of carbonyl (C=O) groups is 4. The molecule has 16 heteroatoms. The molecule has 4 amide bonds. The van der Waals surface area contributed by atoms with E-state index in [0.717, 1.165) is 32.9 Å². The summed E-state index contributed by atoms with van der Waals surface area (Å²) >= 11 is 0. The van der Waals surface area contributed by atoms with Crippen LogP contribution >= 0.6 is 0 Å². The zero-order chi connectivity index (χ0) is 38.6. The van der Waals surface area contributed by atoms with E-state index in [1.165, 1.54) is 25.1 Å². The van der Waals surface area contributed by atoms with Crippen LogP contribution in [0.2, 0.25) is 0 Å². The van der Waals surface area contributed by atoms with Crippen LogP contribution in [0.15, 0.2) is 70.4 Å². The van der Waals surface area contributed by atoms with Gasteiger partial charge in [0.15, 0.2) is 6.23 Å². The van der Waals surface area contributed by atoms with Gasteiger partial charge in [-0.2, -0.15) is 0 Å². The van der Waals surface area contributed by atoms with Gasteiger partial charge in [-0.1, -0.05) is 48.5 Å². The summed E-state index contributed by atoms with van der Waals surface area (Å²) in [4.78, 5) is 80.0. The molecular formula is C37H46N6O10. The first-order chi connectivity index (χ1) is 25.0. The van der Waals surface area contributed by atoms with E-state index in [0.29, 0.717) is 0 Å². The van der Waals surface area contributed by atoms with Crippen LogP contribution < -0.4 is 27.2 Å². The van der Waals surface area contributed by atoms with Gasteiger partial charge in [-0.15, -0.1) is 0 Å².